The highest BCUT2D eigenvalue weighted by Crippen LogP contribution is 2.26. The number of aliphatic hydroxyl groups is 1. The highest BCUT2D eigenvalue weighted by Gasteiger charge is 2.27. The third kappa shape index (κ3) is 3.79. The Morgan fingerprint density at radius 3 is 2.74 bits per heavy atom. The van der Waals surface area contributed by atoms with Gasteiger partial charge in [0.25, 0.3) is 5.91 Å². The molecule has 0 unspecified atom stereocenters. The van der Waals surface area contributed by atoms with Crippen molar-refractivity contribution in [1.29, 1.82) is 0 Å². The molecular weight excluding hydrogens is 244 g/mol. The molecule has 3 N–H and O–H groups in total. The van der Waals surface area contributed by atoms with Gasteiger partial charge in [0.2, 0.25) is 5.91 Å². The topological polar surface area (TPSA) is 78.4 Å². The number of hydrogen-bond donors (Lipinski definition) is 3. The first-order valence-corrected chi connectivity index (χ1v) is 6.38. The summed E-state index contributed by atoms with van der Waals surface area (Å²) in [6.45, 7) is 2.01. The number of rotatable bonds is 4. The average molecular weight is 262 g/mol. The number of carbonyl (C=O) groups is 2. The molecule has 1 aromatic rings. The Bertz CT molecular complexity index is 481. The van der Waals surface area contributed by atoms with Crippen molar-refractivity contribution in [3.05, 3.63) is 29.8 Å². The summed E-state index contributed by atoms with van der Waals surface area (Å²) in [6, 6.07) is 6.82. The molecule has 0 atom stereocenters. The number of anilines is 1. The van der Waals surface area contributed by atoms with Crippen molar-refractivity contribution in [3.63, 3.8) is 0 Å². The largest absolute Gasteiger partial charge is 0.393 e. The maximum atomic E-state index is 11.9. The number of benzene rings is 1. The Labute approximate surface area is 112 Å². The third-order valence-electron chi connectivity index (χ3n) is 3.21. The van der Waals surface area contributed by atoms with Crippen molar-refractivity contribution in [2.24, 2.45) is 5.92 Å². The van der Waals surface area contributed by atoms with E-state index >= 15 is 0 Å². The van der Waals surface area contributed by atoms with E-state index in [9.17, 15) is 9.59 Å². The number of amides is 2. The van der Waals surface area contributed by atoms with Crippen molar-refractivity contribution < 1.29 is 14.7 Å². The van der Waals surface area contributed by atoms with Crippen LogP contribution < -0.4 is 10.6 Å². The summed E-state index contributed by atoms with van der Waals surface area (Å²) in [4.78, 5) is 22.9. The van der Waals surface area contributed by atoms with Crippen LogP contribution in [0.5, 0.6) is 0 Å². The smallest absolute Gasteiger partial charge is 0.251 e. The molecular formula is C14H18N2O3. The highest BCUT2D eigenvalue weighted by molar-refractivity contribution is 5.96. The lowest BCUT2D eigenvalue weighted by atomic mass is 9.82. The summed E-state index contributed by atoms with van der Waals surface area (Å²) in [5.74, 6) is 0.0482. The van der Waals surface area contributed by atoms with Gasteiger partial charge in [0.1, 0.15) is 0 Å². The first-order valence-electron chi connectivity index (χ1n) is 6.38. The minimum atomic E-state index is -0.204. The SMILES string of the molecule is CC(=O)Nc1cccc(C(=O)NCC2CC(O)C2)c1. The van der Waals surface area contributed by atoms with Crippen LogP contribution in [0, 0.1) is 5.92 Å². The van der Waals surface area contributed by atoms with Crippen LogP contribution in [0.2, 0.25) is 0 Å². The van der Waals surface area contributed by atoms with E-state index in [0.29, 0.717) is 23.7 Å². The van der Waals surface area contributed by atoms with Crippen molar-refractivity contribution >= 4 is 17.5 Å². The Hall–Kier alpha value is -1.88. The van der Waals surface area contributed by atoms with Crippen LogP contribution >= 0.6 is 0 Å². The van der Waals surface area contributed by atoms with Crippen molar-refractivity contribution in [2.75, 3.05) is 11.9 Å². The molecule has 0 spiro atoms. The third-order valence-corrected chi connectivity index (χ3v) is 3.21. The molecule has 1 aliphatic carbocycles. The van der Waals surface area contributed by atoms with Gasteiger partial charge in [0.05, 0.1) is 6.10 Å². The second-order valence-corrected chi connectivity index (χ2v) is 4.96. The van der Waals surface area contributed by atoms with Crippen LogP contribution in [0.15, 0.2) is 24.3 Å². The van der Waals surface area contributed by atoms with Crippen LogP contribution in [-0.2, 0) is 4.79 Å². The molecule has 0 radical (unpaired) electrons. The number of hydrogen-bond acceptors (Lipinski definition) is 3. The summed E-state index contributed by atoms with van der Waals surface area (Å²) in [5, 5.41) is 14.6. The number of nitrogens with one attached hydrogen (secondary N) is 2. The maximum absolute atomic E-state index is 11.9. The predicted octanol–water partition coefficient (Wildman–Crippen LogP) is 1.15. The molecule has 2 amide bonds. The van der Waals surface area contributed by atoms with Gasteiger partial charge in [-0.3, -0.25) is 9.59 Å². The van der Waals surface area contributed by atoms with Crippen molar-refractivity contribution in [1.82, 2.24) is 5.32 Å². The van der Waals surface area contributed by atoms with Gasteiger partial charge in [-0.1, -0.05) is 6.07 Å². The minimum Gasteiger partial charge on any atom is -0.393 e. The molecule has 0 aromatic heterocycles. The molecule has 1 saturated carbocycles. The van der Waals surface area contributed by atoms with Gasteiger partial charge in [-0.05, 0) is 37.0 Å². The number of carbonyl (C=O) groups excluding carboxylic acids is 2. The molecule has 0 aliphatic heterocycles. The lowest BCUT2D eigenvalue weighted by Crippen LogP contribution is -2.38. The summed E-state index contributed by atoms with van der Waals surface area (Å²) in [5.41, 5.74) is 1.13. The summed E-state index contributed by atoms with van der Waals surface area (Å²) in [7, 11) is 0. The fourth-order valence-electron chi connectivity index (χ4n) is 2.15. The molecule has 0 heterocycles. The quantitative estimate of drug-likeness (QED) is 0.761. The van der Waals surface area contributed by atoms with Gasteiger partial charge >= 0.3 is 0 Å². The normalized spacial score (nSPS) is 21.4. The van der Waals surface area contributed by atoms with Crippen LogP contribution in [0.3, 0.4) is 0 Å². The van der Waals surface area contributed by atoms with Crippen molar-refractivity contribution in [3.8, 4) is 0 Å². The summed E-state index contributed by atoms with van der Waals surface area (Å²) < 4.78 is 0. The molecule has 2 rings (SSSR count). The van der Waals surface area contributed by atoms with E-state index in [-0.39, 0.29) is 17.9 Å². The zero-order chi connectivity index (χ0) is 13.8. The van der Waals surface area contributed by atoms with Crippen LogP contribution in [0.1, 0.15) is 30.1 Å². The van der Waals surface area contributed by atoms with E-state index in [1.165, 1.54) is 6.92 Å². The van der Waals surface area contributed by atoms with Crippen LogP contribution in [-0.4, -0.2) is 29.6 Å². The van der Waals surface area contributed by atoms with E-state index < -0.39 is 0 Å². The van der Waals surface area contributed by atoms with Gasteiger partial charge in [-0.15, -0.1) is 0 Å². The van der Waals surface area contributed by atoms with E-state index in [4.69, 9.17) is 5.11 Å². The van der Waals surface area contributed by atoms with Gasteiger partial charge in [0.15, 0.2) is 0 Å². The number of aliphatic hydroxyl groups excluding tert-OH is 1. The first-order chi connectivity index (χ1) is 9.04. The summed E-state index contributed by atoms with van der Waals surface area (Å²) in [6.07, 6.45) is 1.31. The molecule has 5 nitrogen and oxygen atoms in total. The highest BCUT2D eigenvalue weighted by atomic mass is 16.3. The monoisotopic (exact) mass is 262 g/mol. The van der Waals surface area contributed by atoms with E-state index in [1.54, 1.807) is 24.3 Å². The van der Waals surface area contributed by atoms with Crippen LogP contribution in [0.4, 0.5) is 5.69 Å². The molecule has 0 saturated heterocycles. The van der Waals surface area contributed by atoms with Crippen LogP contribution in [0.25, 0.3) is 0 Å². The molecule has 1 fully saturated rings. The lowest BCUT2D eigenvalue weighted by molar-refractivity contribution is -0.114. The maximum Gasteiger partial charge on any atom is 0.251 e. The first kappa shape index (κ1) is 13.5. The zero-order valence-corrected chi connectivity index (χ0v) is 10.8. The van der Waals surface area contributed by atoms with Gasteiger partial charge in [-0.25, -0.2) is 0 Å². The van der Waals surface area contributed by atoms with E-state index in [1.807, 2.05) is 0 Å². The summed E-state index contributed by atoms with van der Waals surface area (Å²) >= 11 is 0. The molecule has 0 bridgehead atoms. The standard InChI is InChI=1S/C14H18N2O3/c1-9(17)16-12-4-2-3-11(7-12)14(19)15-8-10-5-13(18)6-10/h2-4,7,10,13,18H,5-6,8H2,1H3,(H,15,19)(H,16,17). The Morgan fingerprint density at radius 1 is 1.37 bits per heavy atom. The second kappa shape index (κ2) is 5.84. The van der Waals surface area contributed by atoms with Gasteiger partial charge in [-0.2, -0.15) is 0 Å². The van der Waals surface area contributed by atoms with Crippen molar-refractivity contribution in [2.45, 2.75) is 25.9 Å². The Kier molecular flexibility index (Phi) is 4.16. The van der Waals surface area contributed by atoms with Gasteiger partial charge < -0.3 is 15.7 Å². The molecule has 1 aromatic carbocycles. The predicted molar refractivity (Wildman–Crippen MR) is 71.8 cm³/mol. The fraction of sp³-hybridized carbons (Fsp3) is 0.429. The zero-order valence-electron chi connectivity index (χ0n) is 10.8. The fourth-order valence-corrected chi connectivity index (χ4v) is 2.15. The van der Waals surface area contributed by atoms with E-state index in [0.717, 1.165) is 12.8 Å². The average Bonchev–Trinajstić information content (AvgIpc) is 2.32. The lowest BCUT2D eigenvalue weighted by Gasteiger charge is -2.31. The molecule has 5 heteroatoms. The van der Waals surface area contributed by atoms with Gasteiger partial charge in [0, 0.05) is 24.7 Å². The molecule has 1 aliphatic rings. The molecule has 19 heavy (non-hydrogen) atoms. The molecule has 102 valence electrons. The minimum absolute atomic E-state index is 0.159. The van der Waals surface area contributed by atoms with E-state index in [2.05, 4.69) is 10.6 Å². The second-order valence-electron chi connectivity index (χ2n) is 4.96. The Morgan fingerprint density at radius 2 is 2.11 bits per heavy atom. The Balaban J connectivity index is 1.89.